The zero-order valence-corrected chi connectivity index (χ0v) is 19.6. The quantitative estimate of drug-likeness (QED) is 0.553. The molecule has 2 amide bonds. The number of piperazine rings is 1. The Bertz CT molecular complexity index is 1270. The standard InChI is InChI=1S/C24H28N4O4S/c1-24(23(30)26-14-18-8-4-3-5-9-18)17-27(33(2,31)32)16-22(29)28(24)13-12-19-15-25-21-11-7-6-10-20(19)21/h3-11,15,25H,12-14,16-17H2,1-2H3,(H,26,30). The number of nitrogens with one attached hydrogen (secondary N) is 2. The first kappa shape index (κ1) is 23.0. The molecule has 1 aliphatic heterocycles. The Hall–Kier alpha value is -3.17. The second-order valence-electron chi connectivity index (χ2n) is 8.63. The number of hydrogen-bond donors (Lipinski definition) is 2. The molecule has 0 bridgehead atoms. The third-order valence-electron chi connectivity index (χ3n) is 6.23. The Morgan fingerprint density at radius 1 is 1.12 bits per heavy atom. The summed E-state index contributed by atoms with van der Waals surface area (Å²) in [6.45, 7) is 1.87. The number of fused-ring (bicyclic) bond motifs is 1. The van der Waals surface area contributed by atoms with Crippen molar-refractivity contribution in [2.75, 3.05) is 25.9 Å². The third kappa shape index (κ3) is 4.79. The molecule has 0 saturated carbocycles. The minimum Gasteiger partial charge on any atom is -0.361 e. The van der Waals surface area contributed by atoms with E-state index in [1.54, 1.807) is 6.92 Å². The van der Waals surface area contributed by atoms with Crippen LogP contribution in [0.3, 0.4) is 0 Å². The Morgan fingerprint density at radius 3 is 2.55 bits per heavy atom. The number of amides is 2. The lowest BCUT2D eigenvalue weighted by Gasteiger charge is -2.46. The number of nitrogens with zero attached hydrogens (tertiary/aromatic N) is 2. The zero-order valence-electron chi connectivity index (χ0n) is 18.7. The van der Waals surface area contributed by atoms with Gasteiger partial charge in [-0.3, -0.25) is 9.59 Å². The van der Waals surface area contributed by atoms with Gasteiger partial charge in [-0.1, -0.05) is 48.5 Å². The molecule has 2 heterocycles. The number of carbonyl (C=O) groups is 2. The van der Waals surface area contributed by atoms with Gasteiger partial charge in [0, 0.05) is 36.7 Å². The van der Waals surface area contributed by atoms with Crippen LogP contribution in [0.15, 0.2) is 60.8 Å². The van der Waals surface area contributed by atoms with Gasteiger partial charge >= 0.3 is 0 Å². The summed E-state index contributed by atoms with van der Waals surface area (Å²) >= 11 is 0. The molecule has 2 aromatic carbocycles. The second-order valence-corrected chi connectivity index (χ2v) is 10.6. The van der Waals surface area contributed by atoms with Gasteiger partial charge in [-0.25, -0.2) is 8.42 Å². The smallest absolute Gasteiger partial charge is 0.247 e. The van der Waals surface area contributed by atoms with Gasteiger partial charge in [0.05, 0.1) is 12.8 Å². The summed E-state index contributed by atoms with van der Waals surface area (Å²) in [7, 11) is -3.64. The number of rotatable bonds is 7. The van der Waals surface area contributed by atoms with E-state index < -0.39 is 15.6 Å². The summed E-state index contributed by atoms with van der Waals surface area (Å²) in [5.41, 5.74) is 1.63. The average Bonchev–Trinajstić information content (AvgIpc) is 3.20. The van der Waals surface area contributed by atoms with E-state index in [1.807, 2.05) is 60.8 Å². The van der Waals surface area contributed by atoms with Crippen molar-refractivity contribution < 1.29 is 18.0 Å². The molecule has 2 N–H and O–H groups in total. The first-order valence-corrected chi connectivity index (χ1v) is 12.7. The SMILES string of the molecule is CC1(C(=O)NCc2ccccc2)CN(S(C)(=O)=O)CC(=O)N1CCc1c[nH]c2ccccc12. The number of benzene rings is 2. The zero-order chi connectivity index (χ0) is 23.6. The summed E-state index contributed by atoms with van der Waals surface area (Å²) in [5.74, 6) is -0.768. The molecule has 1 aliphatic rings. The Kier molecular flexibility index (Phi) is 6.27. The number of sulfonamides is 1. The van der Waals surface area contributed by atoms with Crippen LogP contribution < -0.4 is 5.32 Å². The highest BCUT2D eigenvalue weighted by Crippen LogP contribution is 2.26. The van der Waals surface area contributed by atoms with Crippen molar-refractivity contribution in [3.05, 3.63) is 71.9 Å². The van der Waals surface area contributed by atoms with Gasteiger partial charge in [0.1, 0.15) is 5.54 Å². The number of carbonyl (C=O) groups excluding carboxylic acids is 2. The maximum absolute atomic E-state index is 13.4. The van der Waals surface area contributed by atoms with Gasteiger partial charge < -0.3 is 15.2 Å². The molecule has 1 atom stereocenters. The number of aromatic amines is 1. The van der Waals surface area contributed by atoms with Crippen LogP contribution in [0, 0.1) is 0 Å². The molecular formula is C24H28N4O4S. The summed E-state index contributed by atoms with van der Waals surface area (Å²) < 4.78 is 25.6. The molecule has 4 rings (SSSR count). The van der Waals surface area contributed by atoms with Crippen molar-refractivity contribution in [1.82, 2.24) is 19.5 Å². The fourth-order valence-corrected chi connectivity index (χ4v) is 5.17. The van der Waals surface area contributed by atoms with Crippen molar-refractivity contribution in [1.29, 1.82) is 0 Å². The van der Waals surface area contributed by atoms with E-state index in [9.17, 15) is 18.0 Å². The first-order valence-electron chi connectivity index (χ1n) is 10.8. The highest BCUT2D eigenvalue weighted by atomic mass is 32.2. The average molecular weight is 469 g/mol. The lowest BCUT2D eigenvalue weighted by Crippen LogP contribution is -2.69. The largest absolute Gasteiger partial charge is 0.361 e. The van der Waals surface area contributed by atoms with Crippen LogP contribution in [0.5, 0.6) is 0 Å². The minimum atomic E-state index is -3.64. The minimum absolute atomic E-state index is 0.0912. The van der Waals surface area contributed by atoms with E-state index in [0.29, 0.717) is 19.5 Å². The monoisotopic (exact) mass is 468 g/mol. The van der Waals surface area contributed by atoms with Crippen molar-refractivity contribution in [3.63, 3.8) is 0 Å². The molecule has 174 valence electrons. The highest BCUT2D eigenvalue weighted by molar-refractivity contribution is 7.88. The highest BCUT2D eigenvalue weighted by Gasteiger charge is 2.49. The number of para-hydroxylation sites is 1. The maximum atomic E-state index is 13.4. The summed E-state index contributed by atoms with van der Waals surface area (Å²) in [6, 6.07) is 17.3. The molecule has 0 radical (unpaired) electrons. The first-order chi connectivity index (χ1) is 15.7. The predicted octanol–water partition coefficient (Wildman–Crippen LogP) is 1.89. The fraction of sp³-hybridized carbons (Fsp3) is 0.333. The van der Waals surface area contributed by atoms with E-state index in [2.05, 4.69) is 10.3 Å². The predicted molar refractivity (Wildman–Crippen MR) is 127 cm³/mol. The van der Waals surface area contributed by atoms with Gasteiger partial charge in [0.15, 0.2) is 0 Å². The fourth-order valence-electron chi connectivity index (χ4n) is 4.34. The number of hydrogen-bond acceptors (Lipinski definition) is 4. The van der Waals surface area contributed by atoms with Crippen molar-refractivity contribution in [2.45, 2.75) is 25.4 Å². The molecule has 0 spiro atoms. The summed E-state index contributed by atoms with van der Waals surface area (Å²) in [6.07, 6.45) is 3.51. The number of H-pyrrole nitrogens is 1. The Labute approximate surface area is 193 Å². The van der Waals surface area contributed by atoms with E-state index in [-0.39, 0.29) is 24.9 Å². The van der Waals surface area contributed by atoms with E-state index in [0.717, 1.165) is 32.6 Å². The van der Waals surface area contributed by atoms with Gasteiger partial charge in [-0.05, 0) is 30.5 Å². The number of aromatic nitrogens is 1. The van der Waals surface area contributed by atoms with Crippen LogP contribution >= 0.6 is 0 Å². The van der Waals surface area contributed by atoms with Crippen molar-refractivity contribution in [2.24, 2.45) is 0 Å². The van der Waals surface area contributed by atoms with Crippen LogP contribution in [0.2, 0.25) is 0 Å². The van der Waals surface area contributed by atoms with Crippen molar-refractivity contribution >= 4 is 32.7 Å². The molecule has 1 aromatic heterocycles. The van der Waals surface area contributed by atoms with Gasteiger partial charge in [0.2, 0.25) is 21.8 Å². The van der Waals surface area contributed by atoms with Gasteiger partial charge in [-0.15, -0.1) is 0 Å². The third-order valence-corrected chi connectivity index (χ3v) is 7.42. The Balaban J connectivity index is 1.58. The van der Waals surface area contributed by atoms with Crippen LogP contribution in [0.1, 0.15) is 18.1 Å². The van der Waals surface area contributed by atoms with Crippen LogP contribution in [0.4, 0.5) is 0 Å². The Morgan fingerprint density at radius 2 is 1.82 bits per heavy atom. The molecule has 0 aliphatic carbocycles. The van der Waals surface area contributed by atoms with Crippen LogP contribution in [0.25, 0.3) is 10.9 Å². The van der Waals surface area contributed by atoms with E-state index >= 15 is 0 Å². The molecule has 9 heteroatoms. The normalized spacial score (nSPS) is 19.7. The molecular weight excluding hydrogens is 440 g/mol. The second kappa shape index (κ2) is 8.99. The molecule has 1 saturated heterocycles. The maximum Gasteiger partial charge on any atom is 0.247 e. The lowest BCUT2D eigenvalue weighted by molar-refractivity contribution is -0.152. The topological polar surface area (TPSA) is 103 Å². The van der Waals surface area contributed by atoms with Crippen LogP contribution in [-0.2, 0) is 32.6 Å². The van der Waals surface area contributed by atoms with E-state index in [4.69, 9.17) is 0 Å². The molecule has 1 fully saturated rings. The van der Waals surface area contributed by atoms with E-state index in [1.165, 1.54) is 4.90 Å². The van der Waals surface area contributed by atoms with Crippen molar-refractivity contribution in [3.8, 4) is 0 Å². The van der Waals surface area contributed by atoms with Gasteiger partial charge in [-0.2, -0.15) is 4.31 Å². The molecule has 3 aromatic rings. The molecule has 1 unspecified atom stereocenters. The lowest BCUT2D eigenvalue weighted by atomic mass is 9.94. The summed E-state index contributed by atoms with van der Waals surface area (Å²) in [4.78, 5) is 31.2. The van der Waals surface area contributed by atoms with Gasteiger partial charge in [0.25, 0.3) is 0 Å². The molecule has 8 nitrogen and oxygen atoms in total. The summed E-state index contributed by atoms with van der Waals surface area (Å²) in [5, 5.41) is 3.96. The molecule has 33 heavy (non-hydrogen) atoms. The van der Waals surface area contributed by atoms with Crippen LogP contribution in [-0.4, -0.2) is 65.9 Å².